The number of nitrogens with one attached hydrogen (secondary N) is 1. The molecule has 0 bridgehead atoms. The van der Waals surface area contributed by atoms with Gasteiger partial charge in [-0.3, -0.25) is 4.79 Å². The van der Waals surface area contributed by atoms with E-state index in [9.17, 15) is 19.5 Å². The zero-order valence-electron chi connectivity index (χ0n) is 19.4. The van der Waals surface area contributed by atoms with Crippen LogP contribution in [0.1, 0.15) is 27.4 Å². The molecule has 35 heavy (non-hydrogen) atoms. The first-order valence-corrected chi connectivity index (χ1v) is 11.1. The van der Waals surface area contributed by atoms with Crippen molar-refractivity contribution in [2.24, 2.45) is 0 Å². The first-order chi connectivity index (χ1) is 16.9. The van der Waals surface area contributed by atoms with Gasteiger partial charge in [-0.1, -0.05) is 60.7 Å². The molecule has 0 saturated carbocycles. The Bertz CT molecular complexity index is 1210. The molecule has 0 spiro atoms. The summed E-state index contributed by atoms with van der Waals surface area (Å²) in [6, 6.07) is 21.1. The number of rotatable bonds is 8. The number of fused-ring (bicyclic) bond motifs is 3. The lowest BCUT2D eigenvalue weighted by atomic mass is 9.98. The minimum atomic E-state index is -1.16. The lowest BCUT2D eigenvalue weighted by Crippen LogP contribution is -2.50. The fourth-order valence-electron chi connectivity index (χ4n) is 4.42. The maximum atomic E-state index is 13.1. The third kappa shape index (κ3) is 4.88. The highest BCUT2D eigenvalue weighted by molar-refractivity contribution is 6.04. The second-order valence-electron chi connectivity index (χ2n) is 8.20. The summed E-state index contributed by atoms with van der Waals surface area (Å²) in [6.07, 6.45) is -0.762. The molecule has 4 rings (SSSR count). The van der Waals surface area contributed by atoms with E-state index in [0.717, 1.165) is 22.3 Å². The lowest BCUT2D eigenvalue weighted by molar-refractivity contribution is -0.121. The number of carboxylic acids is 1. The monoisotopic (exact) mass is 474 g/mol. The number of amides is 2. The van der Waals surface area contributed by atoms with E-state index >= 15 is 0 Å². The van der Waals surface area contributed by atoms with Gasteiger partial charge in [-0.2, -0.15) is 0 Å². The van der Waals surface area contributed by atoms with Gasteiger partial charge in [0, 0.05) is 20.1 Å². The third-order valence-electron chi connectivity index (χ3n) is 6.09. The molecule has 1 aliphatic rings. The number of para-hydroxylation sites is 1. The predicted molar refractivity (Wildman–Crippen MR) is 131 cm³/mol. The molecule has 0 fully saturated rings. The Hall–Kier alpha value is -4.17. The van der Waals surface area contributed by atoms with Crippen molar-refractivity contribution in [2.75, 3.05) is 32.3 Å². The molecule has 8 heteroatoms. The smallest absolute Gasteiger partial charge is 0.407 e. The molecule has 2 N–H and O–H groups in total. The van der Waals surface area contributed by atoms with E-state index in [1.54, 1.807) is 12.1 Å². The topological polar surface area (TPSA) is 105 Å². The number of hydrogen-bond donors (Lipinski definition) is 2. The van der Waals surface area contributed by atoms with Crippen LogP contribution in [0.4, 0.5) is 10.5 Å². The van der Waals surface area contributed by atoms with Gasteiger partial charge in [0.25, 0.3) is 5.91 Å². The zero-order valence-corrected chi connectivity index (χ0v) is 19.4. The molecule has 0 heterocycles. The minimum Gasteiger partial charge on any atom is -0.478 e. The first kappa shape index (κ1) is 24.0. The Morgan fingerprint density at radius 2 is 1.51 bits per heavy atom. The standard InChI is InChI=1S/C27H26N2O6/c1-29(24-14-8-7-13-21(24)26(31)32)25(30)23(16-34-2)28-27(33)35-15-22-19-11-5-3-9-17(19)18-10-4-6-12-20(18)22/h3-14,22-23H,15-16H2,1-2H3,(H,28,33)(H,31,32)/t23-/m0/s1. The normalized spacial score (nSPS) is 12.9. The van der Waals surface area contributed by atoms with Crippen molar-refractivity contribution in [1.82, 2.24) is 5.32 Å². The quantitative estimate of drug-likeness (QED) is 0.513. The van der Waals surface area contributed by atoms with Gasteiger partial charge in [-0.15, -0.1) is 0 Å². The van der Waals surface area contributed by atoms with Crippen molar-refractivity contribution in [3.05, 3.63) is 89.5 Å². The zero-order chi connectivity index (χ0) is 24.9. The Balaban J connectivity index is 1.46. The highest BCUT2D eigenvalue weighted by Crippen LogP contribution is 2.44. The van der Waals surface area contributed by atoms with Crippen LogP contribution in [0, 0.1) is 0 Å². The number of carbonyl (C=O) groups is 3. The van der Waals surface area contributed by atoms with Gasteiger partial charge in [0.05, 0.1) is 17.9 Å². The number of benzene rings is 3. The third-order valence-corrected chi connectivity index (χ3v) is 6.09. The Labute approximate surface area is 203 Å². The van der Waals surface area contributed by atoms with Crippen LogP contribution in [0.3, 0.4) is 0 Å². The van der Waals surface area contributed by atoms with Crippen LogP contribution < -0.4 is 10.2 Å². The van der Waals surface area contributed by atoms with E-state index in [0.29, 0.717) is 0 Å². The van der Waals surface area contributed by atoms with Gasteiger partial charge in [0.2, 0.25) is 0 Å². The Morgan fingerprint density at radius 3 is 2.11 bits per heavy atom. The number of nitrogens with zero attached hydrogens (tertiary/aromatic N) is 1. The number of anilines is 1. The highest BCUT2D eigenvalue weighted by atomic mass is 16.5. The largest absolute Gasteiger partial charge is 0.478 e. The summed E-state index contributed by atoms with van der Waals surface area (Å²) in [5, 5.41) is 12.0. The molecule has 2 amide bonds. The van der Waals surface area contributed by atoms with Crippen molar-refractivity contribution in [3.63, 3.8) is 0 Å². The summed E-state index contributed by atoms with van der Waals surface area (Å²) in [7, 11) is 2.86. The molecule has 8 nitrogen and oxygen atoms in total. The molecule has 0 aliphatic heterocycles. The number of methoxy groups -OCH3 is 1. The summed E-state index contributed by atoms with van der Waals surface area (Å²) in [6.45, 7) is -0.00591. The average Bonchev–Trinajstić information content (AvgIpc) is 3.20. The van der Waals surface area contributed by atoms with E-state index in [-0.39, 0.29) is 30.4 Å². The van der Waals surface area contributed by atoms with Gasteiger partial charge in [-0.25, -0.2) is 9.59 Å². The number of hydrogen-bond acceptors (Lipinski definition) is 5. The lowest BCUT2D eigenvalue weighted by Gasteiger charge is -2.25. The van der Waals surface area contributed by atoms with Crippen LogP contribution in [0.5, 0.6) is 0 Å². The molecule has 1 atom stereocenters. The molecule has 1 aliphatic carbocycles. The van der Waals surface area contributed by atoms with Crippen molar-refractivity contribution >= 4 is 23.7 Å². The summed E-state index contributed by atoms with van der Waals surface area (Å²) in [4.78, 5) is 38.6. The summed E-state index contributed by atoms with van der Waals surface area (Å²) in [5.41, 5.74) is 4.57. The van der Waals surface area contributed by atoms with Crippen molar-refractivity contribution in [1.29, 1.82) is 0 Å². The molecule has 3 aromatic carbocycles. The molecule has 0 radical (unpaired) electrons. The SMILES string of the molecule is COC[C@H](NC(=O)OCC1c2ccccc2-c2ccccc21)C(=O)N(C)c1ccccc1C(=O)O. The number of carboxylic acid groups (broad SMARTS) is 1. The van der Waals surface area contributed by atoms with Gasteiger partial charge in [0.1, 0.15) is 12.6 Å². The van der Waals surface area contributed by atoms with Crippen LogP contribution in [-0.2, 0) is 14.3 Å². The van der Waals surface area contributed by atoms with Gasteiger partial charge in [-0.05, 0) is 34.4 Å². The molecule has 0 unspecified atom stereocenters. The molecular formula is C27H26N2O6. The minimum absolute atomic E-state index is 0.0272. The van der Waals surface area contributed by atoms with E-state index < -0.39 is 24.0 Å². The van der Waals surface area contributed by atoms with Crippen LogP contribution in [0.15, 0.2) is 72.8 Å². The summed E-state index contributed by atoms with van der Waals surface area (Å²) in [5.74, 6) is -1.81. The summed E-state index contributed by atoms with van der Waals surface area (Å²) >= 11 is 0. The van der Waals surface area contributed by atoms with Crippen LogP contribution in [0.25, 0.3) is 11.1 Å². The number of aromatic carboxylic acids is 1. The fraction of sp³-hybridized carbons (Fsp3) is 0.222. The van der Waals surface area contributed by atoms with Gasteiger partial charge < -0.3 is 24.8 Å². The van der Waals surface area contributed by atoms with E-state index in [4.69, 9.17) is 9.47 Å². The van der Waals surface area contributed by atoms with Crippen molar-refractivity contribution < 1.29 is 29.0 Å². The maximum Gasteiger partial charge on any atom is 0.407 e. The van der Waals surface area contributed by atoms with Crippen LogP contribution in [0.2, 0.25) is 0 Å². The Kier molecular flexibility index (Phi) is 7.12. The number of carbonyl (C=O) groups excluding carboxylic acids is 2. The highest BCUT2D eigenvalue weighted by Gasteiger charge is 2.31. The van der Waals surface area contributed by atoms with Crippen LogP contribution >= 0.6 is 0 Å². The molecule has 0 aromatic heterocycles. The van der Waals surface area contributed by atoms with E-state index in [1.165, 1.54) is 31.2 Å². The van der Waals surface area contributed by atoms with Crippen LogP contribution in [-0.4, -0.2) is 56.5 Å². The van der Waals surface area contributed by atoms with E-state index in [1.807, 2.05) is 48.5 Å². The molecular weight excluding hydrogens is 448 g/mol. The second-order valence-corrected chi connectivity index (χ2v) is 8.20. The number of ether oxygens (including phenoxy) is 2. The van der Waals surface area contributed by atoms with Crippen molar-refractivity contribution in [2.45, 2.75) is 12.0 Å². The first-order valence-electron chi connectivity index (χ1n) is 11.1. The van der Waals surface area contributed by atoms with Crippen molar-refractivity contribution in [3.8, 4) is 11.1 Å². The van der Waals surface area contributed by atoms with Gasteiger partial charge in [0.15, 0.2) is 0 Å². The average molecular weight is 475 g/mol. The predicted octanol–water partition coefficient (Wildman–Crippen LogP) is 3.90. The molecule has 180 valence electrons. The molecule has 0 saturated heterocycles. The Morgan fingerprint density at radius 1 is 0.943 bits per heavy atom. The number of likely N-dealkylation sites (N-methyl/N-ethyl adjacent to an activating group) is 1. The van der Waals surface area contributed by atoms with Gasteiger partial charge >= 0.3 is 12.1 Å². The second kappa shape index (κ2) is 10.4. The number of alkyl carbamates (subject to hydrolysis) is 1. The van der Waals surface area contributed by atoms with E-state index in [2.05, 4.69) is 5.32 Å². The fourth-order valence-corrected chi connectivity index (χ4v) is 4.42. The maximum absolute atomic E-state index is 13.1. The molecule has 3 aromatic rings. The summed E-state index contributed by atoms with van der Waals surface area (Å²) < 4.78 is 10.7.